The van der Waals surface area contributed by atoms with E-state index >= 15 is 0 Å². The molecular formula is C14H20N2O. The van der Waals surface area contributed by atoms with Gasteiger partial charge in [0.25, 0.3) is 0 Å². The van der Waals surface area contributed by atoms with Gasteiger partial charge in [-0.3, -0.25) is 9.80 Å². The average molecular weight is 232 g/mol. The van der Waals surface area contributed by atoms with Gasteiger partial charge in [0, 0.05) is 32.7 Å². The van der Waals surface area contributed by atoms with Crippen molar-refractivity contribution in [1.29, 1.82) is 0 Å². The monoisotopic (exact) mass is 232 g/mol. The minimum absolute atomic E-state index is 0.883. The normalized spacial score (nSPS) is 21.7. The Morgan fingerprint density at radius 3 is 2.71 bits per heavy atom. The molecule has 0 unspecified atom stereocenters. The Balaban J connectivity index is 1.69. The minimum atomic E-state index is 0.883. The van der Waals surface area contributed by atoms with Crippen molar-refractivity contribution in [1.82, 2.24) is 9.80 Å². The van der Waals surface area contributed by atoms with Crippen LogP contribution in [0.5, 0.6) is 0 Å². The molecule has 0 spiro atoms. The Morgan fingerprint density at radius 1 is 1.12 bits per heavy atom. The number of ether oxygens (including phenoxy) is 1. The first-order chi connectivity index (χ1) is 8.31. The lowest BCUT2D eigenvalue weighted by Crippen LogP contribution is -2.35. The van der Waals surface area contributed by atoms with Crippen LogP contribution in [-0.2, 0) is 24.4 Å². The summed E-state index contributed by atoms with van der Waals surface area (Å²) in [4.78, 5) is 4.84. The van der Waals surface area contributed by atoms with Crippen LogP contribution >= 0.6 is 0 Å². The minimum Gasteiger partial charge on any atom is -0.379 e. The number of rotatable bonds is 2. The maximum atomic E-state index is 5.38. The summed E-state index contributed by atoms with van der Waals surface area (Å²) in [6.07, 6.45) is 0. The van der Waals surface area contributed by atoms with Gasteiger partial charge in [0.2, 0.25) is 0 Å². The van der Waals surface area contributed by atoms with Crippen molar-refractivity contribution < 1.29 is 4.74 Å². The molecule has 0 amide bonds. The average Bonchev–Trinajstić information content (AvgIpc) is 2.70. The molecule has 0 saturated carbocycles. The Bertz CT molecular complexity index is 399. The Hall–Kier alpha value is -0.900. The van der Waals surface area contributed by atoms with E-state index in [1.807, 2.05) is 0 Å². The number of fused-ring (bicyclic) bond motifs is 1. The van der Waals surface area contributed by atoms with Crippen LogP contribution in [0, 0.1) is 0 Å². The van der Waals surface area contributed by atoms with Gasteiger partial charge in [0.15, 0.2) is 0 Å². The van der Waals surface area contributed by atoms with Crippen molar-refractivity contribution >= 4 is 0 Å². The summed E-state index contributed by atoms with van der Waals surface area (Å²) in [7, 11) is 2.18. The molecular weight excluding hydrogens is 212 g/mol. The lowest BCUT2D eigenvalue weighted by molar-refractivity contribution is 0.0342. The van der Waals surface area contributed by atoms with Crippen molar-refractivity contribution in [2.45, 2.75) is 19.6 Å². The van der Waals surface area contributed by atoms with Gasteiger partial charge in [-0.25, -0.2) is 0 Å². The molecule has 1 aromatic carbocycles. The van der Waals surface area contributed by atoms with Crippen LogP contribution in [0.4, 0.5) is 0 Å². The second-order valence-corrected chi connectivity index (χ2v) is 5.16. The van der Waals surface area contributed by atoms with Crippen LogP contribution < -0.4 is 0 Å². The van der Waals surface area contributed by atoms with E-state index in [9.17, 15) is 0 Å². The molecule has 0 radical (unpaired) electrons. The topological polar surface area (TPSA) is 15.7 Å². The van der Waals surface area contributed by atoms with Gasteiger partial charge in [0.05, 0.1) is 13.2 Å². The van der Waals surface area contributed by atoms with Crippen molar-refractivity contribution in [2.24, 2.45) is 0 Å². The molecule has 1 saturated heterocycles. The predicted molar refractivity (Wildman–Crippen MR) is 67.7 cm³/mol. The van der Waals surface area contributed by atoms with E-state index in [1.165, 1.54) is 16.7 Å². The Kier molecular flexibility index (Phi) is 3.14. The maximum absolute atomic E-state index is 5.38. The molecule has 3 heteroatoms. The van der Waals surface area contributed by atoms with Gasteiger partial charge in [-0.2, -0.15) is 0 Å². The van der Waals surface area contributed by atoms with Crippen LogP contribution in [-0.4, -0.2) is 43.2 Å². The van der Waals surface area contributed by atoms with E-state index in [2.05, 4.69) is 35.0 Å². The highest BCUT2D eigenvalue weighted by molar-refractivity contribution is 5.34. The lowest BCUT2D eigenvalue weighted by Gasteiger charge is -2.26. The van der Waals surface area contributed by atoms with Crippen molar-refractivity contribution in [3.8, 4) is 0 Å². The molecule has 0 atom stereocenters. The summed E-state index contributed by atoms with van der Waals surface area (Å²) in [5, 5.41) is 0. The fourth-order valence-electron chi connectivity index (χ4n) is 2.73. The second kappa shape index (κ2) is 4.77. The molecule has 0 aromatic heterocycles. The van der Waals surface area contributed by atoms with Gasteiger partial charge in [-0.15, -0.1) is 0 Å². The molecule has 3 nitrogen and oxygen atoms in total. The van der Waals surface area contributed by atoms with Crippen molar-refractivity contribution in [3.05, 3.63) is 34.9 Å². The molecule has 2 heterocycles. The highest BCUT2D eigenvalue weighted by atomic mass is 16.5. The molecule has 2 aliphatic rings. The SMILES string of the molecule is CN1Cc2ccc(CN3CCOCC3)cc2C1. The third-order valence-corrected chi connectivity index (χ3v) is 3.66. The number of nitrogens with zero attached hydrogens (tertiary/aromatic N) is 2. The molecule has 1 aromatic rings. The summed E-state index contributed by atoms with van der Waals surface area (Å²) in [6, 6.07) is 6.97. The van der Waals surface area contributed by atoms with Crippen LogP contribution in [0.25, 0.3) is 0 Å². The standard InChI is InChI=1S/C14H20N2O/c1-15-10-13-3-2-12(8-14(13)11-15)9-16-4-6-17-7-5-16/h2-3,8H,4-7,9-11H2,1H3. The largest absolute Gasteiger partial charge is 0.379 e. The lowest BCUT2D eigenvalue weighted by atomic mass is 10.1. The smallest absolute Gasteiger partial charge is 0.0594 e. The van der Waals surface area contributed by atoms with Crippen LogP contribution in [0.3, 0.4) is 0 Å². The zero-order valence-electron chi connectivity index (χ0n) is 10.5. The van der Waals surface area contributed by atoms with Crippen LogP contribution in [0.15, 0.2) is 18.2 Å². The molecule has 92 valence electrons. The van der Waals surface area contributed by atoms with E-state index in [-0.39, 0.29) is 0 Å². The maximum Gasteiger partial charge on any atom is 0.0594 e. The third-order valence-electron chi connectivity index (χ3n) is 3.66. The summed E-state index contributed by atoms with van der Waals surface area (Å²) in [5.41, 5.74) is 4.46. The molecule has 17 heavy (non-hydrogen) atoms. The summed E-state index contributed by atoms with van der Waals surface area (Å²) in [5.74, 6) is 0. The van der Waals surface area contributed by atoms with E-state index in [0.29, 0.717) is 0 Å². The number of morpholine rings is 1. The quantitative estimate of drug-likeness (QED) is 0.768. The van der Waals surface area contributed by atoms with Crippen LogP contribution in [0.1, 0.15) is 16.7 Å². The van der Waals surface area contributed by atoms with Gasteiger partial charge >= 0.3 is 0 Å². The molecule has 1 fully saturated rings. The first-order valence-electron chi connectivity index (χ1n) is 6.40. The fraction of sp³-hybridized carbons (Fsp3) is 0.571. The Labute approximate surface area is 103 Å². The number of hydrogen-bond donors (Lipinski definition) is 0. The zero-order chi connectivity index (χ0) is 11.7. The van der Waals surface area contributed by atoms with Crippen molar-refractivity contribution in [2.75, 3.05) is 33.4 Å². The van der Waals surface area contributed by atoms with E-state index in [0.717, 1.165) is 45.9 Å². The van der Waals surface area contributed by atoms with Gasteiger partial charge in [0.1, 0.15) is 0 Å². The summed E-state index contributed by atoms with van der Waals surface area (Å²) in [6.45, 7) is 7.18. The van der Waals surface area contributed by atoms with E-state index < -0.39 is 0 Å². The molecule has 2 aliphatic heterocycles. The first kappa shape index (κ1) is 11.2. The van der Waals surface area contributed by atoms with Crippen molar-refractivity contribution in [3.63, 3.8) is 0 Å². The molecule has 3 rings (SSSR count). The first-order valence-corrected chi connectivity index (χ1v) is 6.40. The number of benzene rings is 1. The fourth-order valence-corrected chi connectivity index (χ4v) is 2.73. The van der Waals surface area contributed by atoms with Crippen LogP contribution in [0.2, 0.25) is 0 Å². The zero-order valence-corrected chi connectivity index (χ0v) is 10.5. The van der Waals surface area contributed by atoms with Gasteiger partial charge in [-0.1, -0.05) is 18.2 Å². The predicted octanol–water partition coefficient (Wildman–Crippen LogP) is 1.46. The molecule has 0 N–H and O–H groups in total. The van der Waals surface area contributed by atoms with Gasteiger partial charge in [-0.05, 0) is 23.7 Å². The van der Waals surface area contributed by atoms with Gasteiger partial charge < -0.3 is 4.74 Å². The Morgan fingerprint density at radius 2 is 1.88 bits per heavy atom. The molecule has 0 aliphatic carbocycles. The number of hydrogen-bond acceptors (Lipinski definition) is 3. The summed E-state index contributed by atoms with van der Waals surface area (Å²) < 4.78 is 5.38. The second-order valence-electron chi connectivity index (χ2n) is 5.16. The van der Waals surface area contributed by atoms with E-state index in [4.69, 9.17) is 4.74 Å². The highest BCUT2D eigenvalue weighted by Gasteiger charge is 2.16. The summed E-state index contributed by atoms with van der Waals surface area (Å²) >= 11 is 0. The third kappa shape index (κ3) is 2.51. The highest BCUT2D eigenvalue weighted by Crippen LogP contribution is 2.23. The van der Waals surface area contributed by atoms with E-state index in [1.54, 1.807) is 0 Å². The molecule has 0 bridgehead atoms.